The van der Waals surface area contributed by atoms with Gasteiger partial charge in [0.15, 0.2) is 0 Å². The molecule has 0 unspecified atom stereocenters. The number of hydrogen-bond donors (Lipinski definition) is 0. The molecule has 0 saturated carbocycles. The van der Waals surface area contributed by atoms with Gasteiger partial charge in [-0.15, -0.1) is 0 Å². The monoisotopic (exact) mass is 361 g/mol. The molecular formula is C18H16ClNO5. The van der Waals surface area contributed by atoms with Crippen LogP contribution in [0.4, 0.5) is 0 Å². The molecule has 25 heavy (non-hydrogen) atoms. The highest BCUT2D eigenvalue weighted by molar-refractivity contribution is 6.31. The summed E-state index contributed by atoms with van der Waals surface area (Å²) in [6.45, 7) is 0.442. The maximum absolute atomic E-state index is 12.3. The van der Waals surface area contributed by atoms with Crippen molar-refractivity contribution in [1.82, 2.24) is 0 Å². The Labute approximate surface area is 149 Å². The molecule has 1 aliphatic rings. The highest BCUT2D eigenvalue weighted by Gasteiger charge is 2.20. The van der Waals surface area contributed by atoms with Crippen molar-refractivity contribution >= 4 is 23.3 Å². The lowest BCUT2D eigenvalue weighted by Crippen LogP contribution is -2.17. The van der Waals surface area contributed by atoms with Crippen molar-refractivity contribution in [1.29, 1.82) is 0 Å². The van der Waals surface area contributed by atoms with Crippen LogP contribution in [0, 0.1) is 0 Å². The zero-order chi connectivity index (χ0) is 17.8. The molecule has 0 N–H and O–H groups in total. The molecule has 2 aromatic carbocycles. The Morgan fingerprint density at radius 1 is 1.16 bits per heavy atom. The van der Waals surface area contributed by atoms with Gasteiger partial charge >= 0.3 is 5.97 Å². The third kappa shape index (κ3) is 3.69. The number of benzene rings is 2. The van der Waals surface area contributed by atoms with Crippen molar-refractivity contribution in [3.63, 3.8) is 0 Å². The molecule has 2 aromatic rings. The molecule has 1 heterocycles. The molecule has 0 bridgehead atoms. The number of carbonyl (C=O) groups is 1. The van der Waals surface area contributed by atoms with E-state index in [-0.39, 0.29) is 5.56 Å². The molecule has 3 rings (SSSR count). The lowest BCUT2D eigenvalue weighted by Gasteiger charge is -2.19. The van der Waals surface area contributed by atoms with E-state index in [4.69, 9.17) is 30.6 Å². The standard InChI is InChI=1S/C18H16ClNO5/c1-22-12-4-5-13-15(7-8-24-17(13)10-12)20-25-18(21)14-9-11(19)3-6-16(14)23-2/h3-6,9-10H,7-8H2,1-2H3. The maximum Gasteiger partial charge on any atom is 0.369 e. The quantitative estimate of drug-likeness (QED) is 0.613. The Morgan fingerprint density at radius 3 is 2.76 bits per heavy atom. The number of methoxy groups -OCH3 is 2. The van der Waals surface area contributed by atoms with Gasteiger partial charge in [0.05, 0.1) is 26.5 Å². The van der Waals surface area contributed by atoms with E-state index in [2.05, 4.69) is 5.16 Å². The second-order valence-electron chi connectivity index (χ2n) is 5.22. The van der Waals surface area contributed by atoms with Gasteiger partial charge in [-0.25, -0.2) is 4.79 Å². The average molecular weight is 362 g/mol. The topological polar surface area (TPSA) is 66.3 Å². The first kappa shape index (κ1) is 17.1. The van der Waals surface area contributed by atoms with E-state index in [0.717, 1.165) is 5.56 Å². The molecule has 130 valence electrons. The zero-order valence-corrected chi connectivity index (χ0v) is 14.5. The van der Waals surface area contributed by atoms with Crippen molar-refractivity contribution in [2.45, 2.75) is 6.42 Å². The van der Waals surface area contributed by atoms with Crippen molar-refractivity contribution in [3.8, 4) is 17.2 Å². The summed E-state index contributed by atoms with van der Waals surface area (Å²) < 4.78 is 15.9. The Balaban J connectivity index is 1.84. The van der Waals surface area contributed by atoms with Gasteiger partial charge in [0.25, 0.3) is 0 Å². The van der Waals surface area contributed by atoms with E-state index >= 15 is 0 Å². The van der Waals surface area contributed by atoms with Crippen LogP contribution in [0.15, 0.2) is 41.6 Å². The number of carbonyl (C=O) groups excluding carboxylic acids is 1. The van der Waals surface area contributed by atoms with Gasteiger partial charge in [-0.2, -0.15) is 0 Å². The van der Waals surface area contributed by atoms with Crippen LogP contribution < -0.4 is 14.2 Å². The summed E-state index contributed by atoms with van der Waals surface area (Å²) >= 11 is 5.93. The summed E-state index contributed by atoms with van der Waals surface area (Å²) in [7, 11) is 3.05. The van der Waals surface area contributed by atoms with Gasteiger partial charge in [0, 0.05) is 23.1 Å². The van der Waals surface area contributed by atoms with Gasteiger partial charge < -0.3 is 19.0 Å². The van der Waals surface area contributed by atoms with E-state index in [0.29, 0.717) is 41.0 Å². The predicted octanol–water partition coefficient (Wildman–Crippen LogP) is 3.70. The number of hydrogen-bond acceptors (Lipinski definition) is 6. The Kier molecular flexibility index (Phi) is 5.09. The minimum Gasteiger partial charge on any atom is -0.497 e. The van der Waals surface area contributed by atoms with Gasteiger partial charge in [-0.05, 0) is 30.3 Å². The molecule has 6 nitrogen and oxygen atoms in total. The maximum atomic E-state index is 12.3. The Morgan fingerprint density at radius 2 is 2.00 bits per heavy atom. The smallest absolute Gasteiger partial charge is 0.369 e. The van der Waals surface area contributed by atoms with Crippen LogP contribution in [0.2, 0.25) is 5.02 Å². The molecule has 0 aromatic heterocycles. The molecule has 0 saturated heterocycles. The van der Waals surface area contributed by atoms with Crippen molar-refractivity contribution in [3.05, 3.63) is 52.5 Å². The summed E-state index contributed by atoms with van der Waals surface area (Å²) in [4.78, 5) is 17.4. The molecule has 7 heteroatoms. The van der Waals surface area contributed by atoms with Gasteiger partial charge in [-0.1, -0.05) is 16.8 Å². The van der Waals surface area contributed by atoms with Crippen LogP contribution >= 0.6 is 11.6 Å². The summed E-state index contributed by atoms with van der Waals surface area (Å²) in [5, 5.41) is 4.42. The van der Waals surface area contributed by atoms with E-state index in [9.17, 15) is 4.79 Å². The van der Waals surface area contributed by atoms with Crippen LogP contribution in [0.1, 0.15) is 22.3 Å². The summed E-state index contributed by atoms with van der Waals surface area (Å²) in [6.07, 6.45) is 0.527. The van der Waals surface area contributed by atoms with Gasteiger partial charge in [0.1, 0.15) is 22.8 Å². The van der Waals surface area contributed by atoms with Crippen molar-refractivity contribution in [2.24, 2.45) is 5.16 Å². The lowest BCUT2D eigenvalue weighted by molar-refractivity contribution is 0.0511. The molecule has 0 atom stereocenters. The van der Waals surface area contributed by atoms with Crippen LogP contribution in [-0.2, 0) is 4.84 Å². The van der Waals surface area contributed by atoms with Gasteiger partial charge in [0.2, 0.25) is 0 Å². The fourth-order valence-corrected chi connectivity index (χ4v) is 2.63. The molecule has 0 radical (unpaired) electrons. The Hall–Kier alpha value is -2.73. The number of fused-ring (bicyclic) bond motifs is 1. The van der Waals surface area contributed by atoms with Crippen LogP contribution in [0.25, 0.3) is 0 Å². The molecule has 1 aliphatic heterocycles. The number of oxime groups is 1. The fraction of sp³-hybridized carbons (Fsp3) is 0.222. The first-order chi connectivity index (χ1) is 12.1. The van der Waals surface area contributed by atoms with Crippen LogP contribution in [0.3, 0.4) is 0 Å². The highest BCUT2D eigenvalue weighted by atomic mass is 35.5. The summed E-state index contributed by atoms with van der Waals surface area (Å²) in [5.41, 5.74) is 1.59. The van der Waals surface area contributed by atoms with Gasteiger partial charge in [-0.3, -0.25) is 0 Å². The predicted molar refractivity (Wildman–Crippen MR) is 93.1 cm³/mol. The normalized spacial score (nSPS) is 14.4. The second-order valence-corrected chi connectivity index (χ2v) is 5.66. The Bertz CT molecular complexity index is 834. The largest absolute Gasteiger partial charge is 0.497 e. The van der Waals surface area contributed by atoms with E-state index in [1.807, 2.05) is 6.07 Å². The molecule has 0 aliphatic carbocycles. The third-order valence-electron chi connectivity index (χ3n) is 3.72. The first-order valence-electron chi connectivity index (χ1n) is 7.55. The fourth-order valence-electron chi connectivity index (χ4n) is 2.46. The second kappa shape index (κ2) is 7.44. The minimum atomic E-state index is -0.645. The van der Waals surface area contributed by atoms with Crippen LogP contribution in [0.5, 0.6) is 17.2 Å². The molecule has 0 fully saturated rings. The lowest BCUT2D eigenvalue weighted by atomic mass is 10.0. The number of ether oxygens (including phenoxy) is 3. The van der Waals surface area contributed by atoms with Crippen molar-refractivity contribution in [2.75, 3.05) is 20.8 Å². The molecular weight excluding hydrogens is 346 g/mol. The average Bonchev–Trinajstić information content (AvgIpc) is 2.65. The van der Waals surface area contributed by atoms with Crippen LogP contribution in [-0.4, -0.2) is 32.5 Å². The third-order valence-corrected chi connectivity index (χ3v) is 3.95. The van der Waals surface area contributed by atoms with E-state index in [1.54, 1.807) is 31.4 Å². The molecule has 0 amide bonds. The number of halogens is 1. The SMILES string of the molecule is COc1ccc2c(c1)OCCC2=NOC(=O)c1cc(Cl)ccc1OC. The number of nitrogens with zero attached hydrogens (tertiary/aromatic N) is 1. The zero-order valence-electron chi connectivity index (χ0n) is 13.7. The summed E-state index contributed by atoms with van der Waals surface area (Å²) in [6, 6.07) is 10.1. The highest BCUT2D eigenvalue weighted by Crippen LogP contribution is 2.30. The molecule has 0 spiro atoms. The summed E-state index contributed by atoms with van der Waals surface area (Å²) in [5.74, 6) is 1.04. The van der Waals surface area contributed by atoms with E-state index < -0.39 is 5.97 Å². The minimum absolute atomic E-state index is 0.210. The first-order valence-corrected chi connectivity index (χ1v) is 7.93. The van der Waals surface area contributed by atoms with Crippen molar-refractivity contribution < 1.29 is 23.8 Å². The number of rotatable bonds is 4. The van der Waals surface area contributed by atoms with E-state index in [1.165, 1.54) is 13.2 Å².